The summed E-state index contributed by atoms with van der Waals surface area (Å²) in [6, 6.07) is 0.912. The summed E-state index contributed by atoms with van der Waals surface area (Å²) in [5, 5.41) is 3.58. The minimum Gasteiger partial charge on any atom is -0.316 e. The van der Waals surface area contributed by atoms with Gasteiger partial charge in [-0.2, -0.15) is 0 Å². The molecule has 1 heterocycles. The van der Waals surface area contributed by atoms with Gasteiger partial charge in [-0.05, 0) is 57.2 Å². The van der Waals surface area contributed by atoms with Gasteiger partial charge in [0.2, 0.25) is 0 Å². The van der Waals surface area contributed by atoms with E-state index in [1.165, 1.54) is 64.7 Å². The maximum atomic E-state index is 3.58. The van der Waals surface area contributed by atoms with Gasteiger partial charge in [0.15, 0.2) is 0 Å². The Morgan fingerprint density at radius 1 is 1.24 bits per heavy atom. The second kappa shape index (κ2) is 6.75. The quantitative estimate of drug-likeness (QED) is 0.741. The molecule has 3 atom stereocenters. The Morgan fingerprint density at radius 2 is 2.12 bits per heavy atom. The number of hydrogen-bond donors (Lipinski definition) is 1. The largest absolute Gasteiger partial charge is 0.316 e. The molecule has 0 amide bonds. The highest BCUT2D eigenvalue weighted by Crippen LogP contribution is 2.30. The predicted molar refractivity (Wildman–Crippen MR) is 74.3 cm³/mol. The molecule has 1 aliphatic heterocycles. The van der Waals surface area contributed by atoms with E-state index in [0.29, 0.717) is 0 Å². The highest BCUT2D eigenvalue weighted by atomic mass is 15.2. The van der Waals surface area contributed by atoms with Crippen LogP contribution in [0.4, 0.5) is 0 Å². The lowest BCUT2D eigenvalue weighted by atomic mass is 9.86. The van der Waals surface area contributed by atoms with Crippen molar-refractivity contribution < 1.29 is 0 Å². The maximum Gasteiger partial charge on any atom is 0.00979 e. The zero-order valence-electron chi connectivity index (χ0n) is 11.8. The zero-order valence-corrected chi connectivity index (χ0v) is 11.8. The molecule has 1 N–H and O–H groups in total. The van der Waals surface area contributed by atoms with Crippen LogP contribution < -0.4 is 5.32 Å². The minimum atomic E-state index is 0.912. The van der Waals surface area contributed by atoms with Crippen molar-refractivity contribution in [2.24, 2.45) is 11.8 Å². The molecule has 1 saturated carbocycles. The normalized spacial score (nSPS) is 35.3. The summed E-state index contributed by atoms with van der Waals surface area (Å²) in [6.45, 7) is 9.83. The molecular weight excluding hydrogens is 208 g/mol. The third kappa shape index (κ3) is 3.96. The van der Waals surface area contributed by atoms with Gasteiger partial charge in [0, 0.05) is 12.6 Å². The first-order valence-corrected chi connectivity index (χ1v) is 7.74. The van der Waals surface area contributed by atoms with Crippen LogP contribution in [0.25, 0.3) is 0 Å². The number of hydrogen-bond acceptors (Lipinski definition) is 2. The van der Waals surface area contributed by atoms with Crippen molar-refractivity contribution in [3.05, 3.63) is 0 Å². The molecule has 0 radical (unpaired) electrons. The molecule has 1 aliphatic carbocycles. The summed E-state index contributed by atoms with van der Waals surface area (Å²) in [7, 11) is 0. The van der Waals surface area contributed by atoms with Crippen LogP contribution in [-0.4, -0.2) is 37.1 Å². The molecular formula is C15H30N2. The van der Waals surface area contributed by atoms with E-state index in [4.69, 9.17) is 0 Å². The Morgan fingerprint density at radius 3 is 2.88 bits per heavy atom. The second-order valence-electron chi connectivity index (χ2n) is 6.28. The van der Waals surface area contributed by atoms with Crippen LogP contribution in [0, 0.1) is 11.8 Å². The molecule has 2 aliphatic rings. The summed E-state index contributed by atoms with van der Waals surface area (Å²) in [5.74, 6) is 1.88. The molecule has 0 bridgehead atoms. The monoisotopic (exact) mass is 238 g/mol. The third-order valence-corrected chi connectivity index (χ3v) is 4.60. The highest BCUT2D eigenvalue weighted by molar-refractivity contribution is 4.85. The summed E-state index contributed by atoms with van der Waals surface area (Å²) < 4.78 is 0. The van der Waals surface area contributed by atoms with E-state index < -0.39 is 0 Å². The van der Waals surface area contributed by atoms with Crippen LogP contribution in [0.2, 0.25) is 0 Å². The number of rotatable bonds is 5. The van der Waals surface area contributed by atoms with Gasteiger partial charge in [0.25, 0.3) is 0 Å². The van der Waals surface area contributed by atoms with Crippen molar-refractivity contribution in [3.8, 4) is 0 Å². The van der Waals surface area contributed by atoms with Gasteiger partial charge in [-0.3, -0.25) is 0 Å². The van der Waals surface area contributed by atoms with E-state index in [1.807, 2.05) is 0 Å². The Kier molecular flexibility index (Phi) is 5.30. The van der Waals surface area contributed by atoms with E-state index in [2.05, 4.69) is 24.1 Å². The lowest BCUT2D eigenvalue weighted by Gasteiger charge is -2.34. The maximum absolute atomic E-state index is 3.58. The van der Waals surface area contributed by atoms with Crippen LogP contribution in [0.5, 0.6) is 0 Å². The molecule has 0 aromatic carbocycles. The smallest absolute Gasteiger partial charge is 0.00979 e. The van der Waals surface area contributed by atoms with E-state index in [0.717, 1.165) is 17.9 Å². The van der Waals surface area contributed by atoms with Crippen LogP contribution in [0.1, 0.15) is 52.4 Å². The van der Waals surface area contributed by atoms with Gasteiger partial charge < -0.3 is 10.2 Å². The first-order valence-electron chi connectivity index (χ1n) is 7.74. The molecule has 3 unspecified atom stereocenters. The molecule has 0 spiro atoms. The summed E-state index contributed by atoms with van der Waals surface area (Å²) in [5.41, 5.74) is 0. The highest BCUT2D eigenvalue weighted by Gasteiger charge is 2.30. The minimum absolute atomic E-state index is 0.912. The van der Waals surface area contributed by atoms with Crippen molar-refractivity contribution in [3.63, 3.8) is 0 Å². The van der Waals surface area contributed by atoms with Gasteiger partial charge in [0.05, 0.1) is 0 Å². The van der Waals surface area contributed by atoms with E-state index in [-0.39, 0.29) is 0 Å². The Bertz CT molecular complexity index is 217. The van der Waals surface area contributed by atoms with E-state index >= 15 is 0 Å². The topological polar surface area (TPSA) is 15.3 Å². The SMILES string of the molecule is CCCNCC1CCN(C2CCCC(C)C2)C1. The van der Waals surface area contributed by atoms with Crippen LogP contribution in [-0.2, 0) is 0 Å². The number of nitrogens with zero attached hydrogens (tertiary/aromatic N) is 1. The Balaban J connectivity index is 1.69. The van der Waals surface area contributed by atoms with Crippen molar-refractivity contribution in [1.82, 2.24) is 10.2 Å². The fourth-order valence-corrected chi connectivity index (χ4v) is 3.58. The van der Waals surface area contributed by atoms with Crippen LogP contribution in [0.15, 0.2) is 0 Å². The molecule has 2 fully saturated rings. The molecule has 100 valence electrons. The molecule has 1 saturated heterocycles. The first kappa shape index (κ1) is 13.4. The van der Waals surface area contributed by atoms with Crippen LogP contribution >= 0.6 is 0 Å². The molecule has 17 heavy (non-hydrogen) atoms. The lowest BCUT2D eigenvalue weighted by molar-refractivity contribution is 0.158. The summed E-state index contributed by atoms with van der Waals surface area (Å²) in [6.07, 6.45) is 8.51. The van der Waals surface area contributed by atoms with Gasteiger partial charge in [-0.15, -0.1) is 0 Å². The fraction of sp³-hybridized carbons (Fsp3) is 1.00. The summed E-state index contributed by atoms with van der Waals surface area (Å²) in [4.78, 5) is 2.79. The summed E-state index contributed by atoms with van der Waals surface area (Å²) >= 11 is 0. The number of likely N-dealkylation sites (tertiary alicyclic amines) is 1. The third-order valence-electron chi connectivity index (χ3n) is 4.60. The van der Waals surface area contributed by atoms with Crippen molar-refractivity contribution in [2.45, 2.75) is 58.4 Å². The second-order valence-corrected chi connectivity index (χ2v) is 6.28. The standard InChI is InChI=1S/C15H30N2/c1-3-8-16-11-14-7-9-17(12-14)15-6-4-5-13(2)10-15/h13-16H,3-12H2,1-2H3. The molecule has 2 heteroatoms. The van der Waals surface area contributed by atoms with E-state index in [1.54, 1.807) is 0 Å². The average molecular weight is 238 g/mol. The molecule has 0 aromatic heterocycles. The Labute approximate surface area is 107 Å². The van der Waals surface area contributed by atoms with Gasteiger partial charge >= 0.3 is 0 Å². The molecule has 2 rings (SSSR count). The first-order chi connectivity index (χ1) is 8.29. The average Bonchev–Trinajstić information content (AvgIpc) is 2.78. The van der Waals surface area contributed by atoms with Gasteiger partial charge in [-0.1, -0.05) is 26.7 Å². The van der Waals surface area contributed by atoms with Crippen molar-refractivity contribution >= 4 is 0 Å². The molecule has 0 aromatic rings. The van der Waals surface area contributed by atoms with Gasteiger partial charge in [-0.25, -0.2) is 0 Å². The molecule has 2 nitrogen and oxygen atoms in total. The fourth-order valence-electron chi connectivity index (χ4n) is 3.58. The lowest BCUT2D eigenvalue weighted by Crippen LogP contribution is -2.37. The van der Waals surface area contributed by atoms with Crippen molar-refractivity contribution in [1.29, 1.82) is 0 Å². The zero-order chi connectivity index (χ0) is 12.1. The number of nitrogens with one attached hydrogen (secondary N) is 1. The predicted octanol–water partition coefficient (Wildman–Crippen LogP) is 2.89. The van der Waals surface area contributed by atoms with Crippen LogP contribution in [0.3, 0.4) is 0 Å². The van der Waals surface area contributed by atoms with Gasteiger partial charge in [0.1, 0.15) is 0 Å². The van der Waals surface area contributed by atoms with E-state index in [9.17, 15) is 0 Å². The Hall–Kier alpha value is -0.0800. The van der Waals surface area contributed by atoms with Crippen molar-refractivity contribution in [2.75, 3.05) is 26.2 Å².